The maximum Gasteiger partial charge on any atom is 0.254 e. The largest absolute Gasteiger partial charge is 0.334 e. The molecular formula is C14H19Cl2FN2O. The van der Waals surface area contributed by atoms with E-state index in [0.29, 0.717) is 24.6 Å². The molecule has 2 N–H and O–H groups in total. The fraction of sp³-hybridized carbons (Fsp3) is 0.500. The second-order valence-corrected chi connectivity index (χ2v) is 5.46. The Morgan fingerprint density at radius 2 is 2.25 bits per heavy atom. The van der Waals surface area contributed by atoms with E-state index in [4.69, 9.17) is 17.3 Å². The molecule has 1 saturated heterocycles. The number of hydrogen-bond acceptors (Lipinski definition) is 2. The van der Waals surface area contributed by atoms with Crippen LogP contribution in [0.15, 0.2) is 18.2 Å². The average Bonchev–Trinajstić information content (AvgIpc) is 2.40. The van der Waals surface area contributed by atoms with Crippen molar-refractivity contribution in [1.29, 1.82) is 0 Å². The summed E-state index contributed by atoms with van der Waals surface area (Å²) in [6, 6.07) is 4.12. The number of nitrogens with two attached hydrogens (primary N) is 1. The number of rotatable bonds is 2. The molecule has 2 rings (SSSR count). The predicted molar refractivity (Wildman–Crippen MR) is 80.9 cm³/mol. The summed E-state index contributed by atoms with van der Waals surface area (Å²) in [5.41, 5.74) is 6.19. The molecule has 0 radical (unpaired) electrons. The Kier molecular flexibility index (Phi) is 6.24. The van der Waals surface area contributed by atoms with Crippen molar-refractivity contribution in [3.63, 3.8) is 0 Å². The minimum atomic E-state index is -0.513. The Labute approximate surface area is 129 Å². The monoisotopic (exact) mass is 320 g/mol. The highest BCUT2D eigenvalue weighted by Crippen LogP contribution is 2.25. The second kappa shape index (κ2) is 7.25. The molecule has 1 aliphatic rings. The third kappa shape index (κ3) is 3.43. The van der Waals surface area contributed by atoms with Crippen LogP contribution in [-0.2, 0) is 0 Å². The van der Waals surface area contributed by atoms with Crippen LogP contribution in [0.1, 0.15) is 30.1 Å². The van der Waals surface area contributed by atoms with Crippen molar-refractivity contribution < 1.29 is 9.18 Å². The molecule has 1 aromatic carbocycles. The van der Waals surface area contributed by atoms with Gasteiger partial charge in [-0.3, -0.25) is 4.79 Å². The summed E-state index contributed by atoms with van der Waals surface area (Å²) < 4.78 is 13.1. The molecule has 1 fully saturated rings. The molecule has 0 saturated carbocycles. The van der Waals surface area contributed by atoms with Crippen LogP contribution in [0.25, 0.3) is 0 Å². The maximum absolute atomic E-state index is 13.1. The SMILES string of the molecule is CC1CCCN(C(=O)c2ccc(F)c(Cl)c2)C1CN.Cl. The van der Waals surface area contributed by atoms with Crippen molar-refractivity contribution in [2.24, 2.45) is 11.7 Å². The molecule has 3 nitrogen and oxygen atoms in total. The van der Waals surface area contributed by atoms with E-state index < -0.39 is 5.82 Å². The topological polar surface area (TPSA) is 46.3 Å². The highest BCUT2D eigenvalue weighted by molar-refractivity contribution is 6.31. The van der Waals surface area contributed by atoms with Gasteiger partial charge in [0.15, 0.2) is 0 Å². The second-order valence-electron chi connectivity index (χ2n) is 5.05. The van der Waals surface area contributed by atoms with Crippen molar-refractivity contribution in [3.8, 4) is 0 Å². The van der Waals surface area contributed by atoms with E-state index in [-0.39, 0.29) is 29.4 Å². The van der Waals surface area contributed by atoms with Crippen molar-refractivity contribution in [1.82, 2.24) is 4.90 Å². The minimum absolute atomic E-state index is 0. The minimum Gasteiger partial charge on any atom is -0.334 e. The zero-order chi connectivity index (χ0) is 14.0. The number of benzene rings is 1. The molecule has 2 atom stereocenters. The molecule has 0 aromatic heterocycles. The van der Waals surface area contributed by atoms with Crippen LogP contribution in [-0.4, -0.2) is 29.9 Å². The summed E-state index contributed by atoms with van der Waals surface area (Å²) in [5.74, 6) is -0.247. The van der Waals surface area contributed by atoms with Crippen LogP contribution in [0.3, 0.4) is 0 Å². The first-order valence-electron chi connectivity index (χ1n) is 6.50. The van der Waals surface area contributed by atoms with Crippen molar-refractivity contribution in [3.05, 3.63) is 34.6 Å². The Morgan fingerprint density at radius 3 is 2.85 bits per heavy atom. The Balaban J connectivity index is 0.00000200. The number of carbonyl (C=O) groups is 1. The van der Waals surface area contributed by atoms with Gasteiger partial charge in [0, 0.05) is 24.7 Å². The van der Waals surface area contributed by atoms with Crippen LogP contribution < -0.4 is 5.73 Å². The predicted octanol–water partition coefficient (Wildman–Crippen LogP) is 3.10. The van der Waals surface area contributed by atoms with E-state index in [0.717, 1.165) is 12.8 Å². The smallest absolute Gasteiger partial charge is 0.254 e. The normalized spacial score (nSPS) is 22.3. The lowest BCUT2D eigenvalue weighted by Crippen LogP contribution is -2.51. The summed E-state index contributed by atoms with van der Waals surface area (Å²) in [5, 5.41) is -0.0276. The summed E-state index contributed by atoms with van der Waals surface area (Å²) in [6.45, 7) is 3.25. The lowest BCUT2D eigenvalue weighted by atomic mass is 9.90. The highest BCUT2D eigenvalue weighted by Gasteiger charge is 2.31. The molecule has 112 valence electrons. The highest BCUT2D eigenvalue weighted by atomic mass is 35.5. The number of amides is 1. The summed E-state index contributed by atoms with van der Waals surface area (Å²) in [6.07, 6.45) is 2.05. The van der Waals surface area contributed by atoms with E-state index in [1.54, 1.807) is 4.90 Å². The van der Waals surface area contributed by atoms with Gasteiger partial charge in [-0.05, 0) is 37.0 Å². The van der Waals surface area contributed by atoms with Gasteiger partial charge in [0.2, 0.25) is 0 Å². The number of piperidine rings is 1. The van der Waals surface area contributed by atoms with Gasteiger partial charge >= 0.3 is 0 Å². The van der Waals surface area contributed by atoms with Crippen molar-refractivity contribution in [2.75, 3.05) is 13.1 Å². The van der Waals surface area contributed by atoms with Gasteiger partial charge in [0.1, 0.15) is 5.82 Å². The van der Waals surface area contributed by atoms with Gasteiger partial charge in [-0.25, -0.2) is 4.39 Å². The van der Waals surface area contributed by atoms with E-state index in [2.05, 4.69) is 6.92 Å². The molecule has 1 amide bonds. The molecule has 1 aliphatic heterocycles. The van der Waals surface area contributed by atoms with Crippen LogP contribution in [0, 0.1) is 11.7 Å². The van der Waals surface area contributed by atoms with Gasteiger partial charge in [-0.15, -0.1) is 12.4 Å². The van der Waals surface area contributed by atoms with Gasteiger partial charge in [-0.1, -0.05) is 18.5 Å². The summed E-state index contributed by atoms with van der Waals surface area (Å²) >= 11 is 5.73. The van der Waals surface area contributed by atoms with Gasteiger partial charge in [0.25, 0.3) is 5.91 Å². The first-order valence-corrected chi connectivity index (χ1v) is 6.88. The quantitative estimate of drug-likeness (QED) is 0.910. The van der Waals surface area contributed by atoms with Crippen LogP contribution in [0.2, 0.25) is 5.02 Å². The van der Waals surface area contributed by atoms with Crippen LogP contribution in [0.5, 0.6) is 0 Å². The van der Waals surface area contributed by atoms with Crippen molar-refractivity contribution in [2.45, 2.75) is 25.8 Å². The first-order chi connectivity index (χ1) is 9.04. The molecule has 1 aromatic rings. The number of carbonyl (C=O) groups excluding carboxylic acids is 1. The summed E-state index contributed by atoms with van der Waals surface area (Å²) in [7, 11) is 0. The molecule has 6 heteroatoms. The first kappa shape index (κ1) is 17.2. The lowest BCUT2D eigenvalue weighted by Gasteiger charge is -2.39. The maximum atomic E-state index is 13.1. The number of halogens is 3. The van der Waals surface area contributed by atoms with Crippen molar-refractivity contribution >= 4 is 29.9 Å². The average molecular weight is 321 g/mol. The third-order valence-electron chi connectivity index (χ3n) is 3.78. The van der Waals surface area contributed by atoms with E-state index in [9.17, 15) is 9.18 Å². The van der Waals surface area contributed by atoms with Crippen LogP contribution in [0.4, 0.5) is 4.39 Å². The standard InChI is InChI=1S/C14H18ClFN2O.ClH/c1-9-3-2-6-18(13(9)8-17)14(19)10-4-5-12(16)11(15)7-10;/h4-5,7,9,13H,2-3,6,8,17H2,1H3;1H. The molecule has 0 bridgehead atoms. The number of nitrogens with zero attached hydrogens (tertiary/aromatic N) is 1. The van der Waals surface area contributed by atoms with Gasteiger partial charge in [0.05, 0.1) is 5.02 Å². The number of likely N-dealkylation sites (tertiary alicyclic amines) is 1. The van der Waals surface area contributed by atoms with E-state index >= 15 is 0 Å². The molecule has 0 aliphatic carbocycles. The fourth-order valence-electron chi connectivity index (χ4n) is 2.66. The fourth-order valence-corrected chi connectivity index (χ4v) is 2.84. The third-order valence-corrected chi connectivity index (χ3v) is 4.07. The molecule has 2 unspecified atom stereocenters. The Bertz CT molecular complexity index is 484. The zero-order valence-electron chi connectivity index (χ0n) is 11.3. The Hall–Kier alpha value is -0.840. The zero-order valence-corrected chi connectivity index (χ0v) is 12.9. The molecular weight excluding hydrogens is 302 g/mol. The van der Waals surface area contributed by atoms with E-state index in [1.807, 2.05) is 0 Å². The summed E-state index contributed by atoms with van der Waals surface area (Å²) in [4.78, 5) is 14.3. The van der Waals surface area contributed by atoms with E-state index in [1.165, 1.54) is 18.2 Å². The number of hydrogen-bond donors (Lipinski definition) is 1. The van der Waals surface area contributed by atoms with Crippen LogP contribution >= 0.6 is 24.0 Å². The Morgan fingerprint density at radius 1 is 1.55 bits per heavy atom. The van der Waals surface area contributed by atoms with Gasteiger partial charge in [-0.2, -0.15) is 0 Å². The van der Waals surface area contributed by atoms with Gasteiger partial charge < -0.3 is 10.6 Å². The molecule has 20 heavy (non-hydrogen) atoms. The molecule has 0 spiro atoms. The lowest BCUT2D eigenvalue weighted by molar-refractivity contribution is 0.0532. The molecule has 1 heterocycles.